The van der Waals surface area contributed by atoms with Crippen molar-refractivity contribution in [3.63, 3.8) is 0 Å². The maximum atomic E-state index is 5.19. The van der Waals surface area contributed by atoms with E-state index in [0.717, 1.165) is 36.0 Å². The van der Waals surface area contributed by atoms with Gasteiger partial charge in [0, 0.05) is 35.6 Å². The third kappa shape index (κ3) is 6.58. The molecular formula is C23H28N6OS. The van der Waals surface area contributed by atoms with Crippen molar-refractivity contribution in [3.05, 3.63) is 60.8 Å². The summed E-state index contributed by atoms with van der Waals surface area (Å²) in [5.41, 5.74) is 1.88. The van der Waals surface area contributed by atoms with E-state index in [2.05, 4.69) is 42.4 Å². The van der Waals surface area contributed by atoms with E-state index in [-0.39, 0.29) is 0 Å². The predicted molar refractivity (Wildman–Crippen MR) is 128 cm³/mol. The van der Waals surface area contributed by atoms with Gasteiger partial charge in [0.2, 0.25) is 5.95 Å². The van der Waals surface area contributed by atoms with Gasteiger partial charge in [-0.25, -0.2) is 4.98 Å². The fraction of sp³-hybridized carbons (Fsp3) is 0.304. The molecule has 1 fully saturated rings. The predicted octanol–water partition coefficient (Wildman–Crippen LogP) is 4.66. The summed E-state index contributed by atoms with van der Waals surface area (Å²) in [5, 5.41) is 6.54. The monoisotopic (exact) mass is 436 g/mol. The lowest BCUT2D eigenvalue weighted by Crippen LogP contribution is -2.27. The molecule has 162 valence electrons. The third-order valence-corrected chi connectivity index (χ3v) is 5.90. The van der Waals surface area contributed by atoms with Gasteiger partial charge in [-0.2, -0.15) is 4.98 Å². The van der Waals surface area contributed by atoms with E-state index in [1.165, 1.54) is 30.8 Å². The zero-order valence-electron chi connectivity index (χ0n) is 17.7. The van der Waals surface area contributed by atoms with Gasteiger partial charge in [-0.1, -0.05) is 0 Å². The number of hydrogen-bond donors (Lipinski definition) is 3. The van der Waals surface area contributed by atoms with Crippen LogP contribution < -0.4 is 20.1 Å². The summed E-state index contributed by atoms with van der Waals surface area (Å²) in [6, 6.07) is 17.8. The van der Waals surface area contributed by atoms with E-state index in [4.69, 9.17) is 4.74 Å². The van der Waals surface area contributed by atoms with Crippen molar-refractivity contribution in [3.8, 4) is 5.75 Å². The summed E-state index contributed by atoms with van der Waals surface area (Å²) in [5.74, 6) is 2.08. The minimum atomic E-state index is 0.544. The number of rotatable bonds is 10. The maximum Gasteiger partial charge on any atom is 0.229 e. The zero-order chi connectivity index (χ0) is 21.3. The molecule has 1 aliphatic rings. The van der Waals surface area contributed by atoms with Crippen LogP contribution in [0, 0.1) is 0 Å². The van der Waals surface area contributed by atoms with Gasteiger partial charge in [0.1, 0.15) is 11.6 Å². The molecule has 0 bridgehead atoms. The summed E-state index contributed by atoms with van der Waals surface area (Å²) in [7, 11) is 1.65. The largest absolute Gasteiger partial charge is 0.497 e. The molecule has 1 aromatic heterocycles. The Balaban J connectivity index is 1.26. The molecular weight excluding hydrogens is 408 g/mol. The van der Waals surface area contributed by atoms with Crippen molar-refractivity contribution in [1.29, 1.82) is 0 Å². The minimum absolute atomic E-state index is 0.544. The maximum absolute atomic E-state index is 5.19. The molecule has 0 amide bonds. The highest BCUT2D eigenvalue weighted by Crippen LogP contribution is 2.22. The van der Waals surface area contributed by atoms with Crippen LogP contribution in [0.25, 0.3) is 0 Å². The first-order valence-electron chi connectivity index (χ1n) is 10.5. The number of likely N-dealkylation sites (tertiary alicyclic amines) is 1. The summed E-state index contributed by atoms with van der Waals surface area (Å²) >= 11 is 1.67. The zero-order valence-corrected chi connectivity index (χ0v) is 18.5. The Kier molecular flexibility index (Phi) is 7.60. The number of anilines is 4. The Morgan fingerprint density at radius 3 is 2.39 bits per heavy atom. The molecule has 3 N–H and O–H groups in total. The molecule has 31 heavy (non-hydrogen) atoms. The van der Waals surface area contributed by atoms with Crippen molar-refractivity contribution in [1.82, 2.24) is 19.6 Å². The quantitative estimate of drug-likeness (QED) is 0.313. The topological polar surface area (TPSA) is 74.3 Å². The Labute approximate surface area is 187 Å². The molecule has 0 unspecified atom stereocenters. The normalized spacial score (nSPS) is 13.8. The van der Waals surface area contributed by atoms with Gasteiger partial charge in [0.15, 0.2) is 0 Å². The lowest BCUT2D eigenvalue weighted by Gasteiger charge is -2.14. The van der Waals surface area contributed by atoms with Crippen LogP contribution in [-0.2, 0) is 0 Å². The van der Waals surface area contributed by atoms with E-state index >= 15 is 0 Å². The Bertz CT molecular complexity index is 945. The highest BCUT2D eigenvalue weighted by molar-refractivity contribution is 7.97. The number of hydrogen-bond acceptors (Lipinski definition) is 8. The average Bonchev–Trinajstić information content (AvgIpc) is 3.32. The van der Waals surface area contributed by atoms with Crippen molar-refractivity contribution < 1.29 is 4.74 Å². The van der Waals surface area contributed by atoms with Gasteiger partial charge in [0.25, 0.3) is 0 Å². The van der Waals surface area contributed by atoms with Crippen molar-refractivity contribution in [2.75, 3.05) is 43.9 Å². The summed E-state index contributed by atoms with van der Waals surface area (Å²) < 4.78 is 8.64. The molecule has 0 saturated carbocycles. The van der Waals surface area contributed by atoms with Crippen LogP contribution >= 0.6 is 11.9 Å². The van der Waals surface area contributed by atoms with Gasteiger partial charge >= 0.3 is 0 Å². The Morgan fingerprint density at radius 1 is 0.935 bits per heavy atom. The second-order valence-electron chi connectivity index (χ2n) is 7.31. The van der Waals surface area contributed by atoms with Gasteiger partial charge in [0.05, 0.1) is 7.11 Å². The standard InChI is InChI=1S/C23H28N6OS/c1-30-20-8-4-18(5-9-20)26-22-12-13-24-23(28-22)27-19-6-10-21(11-7-19)31-25-14-17-29-15-2-3-16-29/h4-13,25H,2-3,14-17H2,1H3,(H2,24,26,27,28). The van der Waals surface area contributed by atoms with Crippen LogP contribution in [0.3, 0.4) is 0 Å². The minimum Gasteiger partial charge on any atom is -0.497 e. The molecule has 2 heterocycles. The molecule has 1 saturated heterocycles. The molecule has 0 radical (unpaired) electrons. The summed E-state index contributed by atoms with van der Waals surface area (Å²) in [6.07, 6.45) is 4.41. The Morgan fingerprint density at radius 2 is 1.65 bits per heavy atom. The number of nitrogens with zero attached hydrogens (tertiary/aromatic N) is 3. The van der Waals surface area contributed by atoms with E-state index < -0.39 is 0 Å². The van der Waals surface area contributed by atoms with Gasteiger partial charge in [-0.05, 0) is 92.5 Å². The van der Waals surface area contributed by atoms with Gasteiger partial charge in [-0.15, -0.1) is 0 Å². The van der Waals surface area contributed by atoms with Crippen LogP contribution in [0.2, 0.25) is 0 Å². The third-order valence-electron chi connectivity index (χ3n) is 5.05. The molecule has 2 aromatic carbocycles. The van der Waals surface area contributed by atoms with Gasteiger partial charge < -0.3 is 20.3 Å². The number of nitrogens with one attached hydrogen (secondary N) is 3. The molecule has 0 atom stereocenters. The number of aromatic nitrogens is 2. The van der Waals surface area contributed by atoms with Crippen LogP contribution in [0.5, 0.6) is 5.75 Å². The lowest BCUT2D eigenvalue weighted by molar-refractivity contribution is 0.345. The van der Waals surface area contributed by atoms with Crippen molar-refractivity contribution >= 4 is 35.1 Å². The highest BCUT2D eigenvalue weighted by atomic mass is 32.2. The fourth-order valence-electron chi connectivity index (χ4n) is 3.39. The van der Waals surface area contributed by atoms with Crippen LogP contribution in [-0.4, -0.2) is 48.2 Å². The second-order valence-corrected chi connectivity index (χ2v) is 8.28. The summed E-state index contributed by atoms with van der Waals surface area (Å²) in [6.45, 7) is 4.59. The molecule has 0 spiro atoms. The Hall–Kier alpha value is -2.81. The molecule has 7 nitrogen and oxygen atoms in total. The summed E-state index contributed by atoms with van der Waals surface area (Å²) in [4.78, 5) is 12.6. The van der Waals surface area contributed by atoms with E-state index in [0.29, 0.717) is 5.95 Å². The smallest absolute Gasteiger partial charge is 0.229 e. The first kappa shape index (κ1) is 21.4. The van der Waals surface area contributed by atoms with Crippen LogP contribution in [0.4, 0.5) is 23.1 Å². The molecule has 0 aliphatic carbocycles. The molecule has 4 rings (SSSR count). The molecule has 3 aromatic rings. The molecule has 1 aliphatic heterocycles. The van der Waals surface area contributed by atoms with Crippen molar-refractivity contribution in [2.24, 2.45) is 0 Å². The van der Waals surface area contributed by atoms with E-state index in [9.17, 15) is 0 Å². The van der Waals surface area contributed by atoms with E-state index in [1.54, 1.807) is 25.3 Å². The SMILES string of the molecule is COc1ccc(Nc2ccnc(Nc3ccc(SNCCN4CCCC4)cc3)n2)cc1. The van der Waals surface area contributed by atoms with Crippen molar-refractivity contribution in [2.45, 2.75) is 17.7 Å². The van der Waals surface area contributed by atoms with Crippen LogP contribution in [0.1, 0.15) is 12.8 Å². The van der Waals surface area contributed by atoms with Gasteiger partial charge in [-0.3, -0.25) is 4.72 Å². The lowest BCUT2D eigenvalue weighted by atomic mass is 10.3. The first-order valence-corrected chi connectivity index (χ1v) is 11.3. The number of methoxy groups -OCH3 is 1. The molecule has 8 heteroatoms. The van der Waals surface area contributed by atoms with E-state index in [1.807, 2.05) is 42.5 Å². The second kappa shape index (κ2) is 11.0. The number of benzene rings is 2. The number of ether oxygens (including phenoxy) is 1. The fourth-order valence-corrected chi connectivity index (χ4v) is 4.02. The highest BCUT2D eigenvalue weighted by Gasteiger charge is 2.10. The first-order chi connectivity index (χ1) is 15.3. The average molecular weight is 437 g/mol. The van der Waals surface area contributed by atoms with Crippen LogP contribution in [0.15, 0.2) is 65.7 Å².